The van der Waals surface area contributed by atoms with E-state index in [9.17, 15) is 8.42 Å². The maximum Gasteiger partial charge on any atom is 0.169 e. The van der Waals surface area contributed by atoms with E-state index in [1.165, 1.54) is 0 Å². The van der Waals surface area contributed by atoms with Crippen LogP contribution in [0.2, 0.25) is 0 Å². The molecule has 0 amide bonds. The van der Waals surface area contributed by atoms with Crippen LogP contribution in [-0.2, 0) is 22.9 Å². The van der Waals surface area contributed by atoms with Crippen LogP contribution in [0.1, 0.15) is 17.7 Å². The highest BCUT2D eigenvalue weighted by atomic mass is 32.2. The molecule has 24 heavy (non-hydrogen) atoms. The average molecular weight is 364 g/mol. The summed E-state index contributed by atoms with van der Waals surface area (Å²) in [6.07, 6.45) is 2.20. The van der Waals surface area contributed by atoms with Crippen LogP contribution in [-0.4, -0.2) is 36.0 Å². The lowest BCUT2D eigenvalue weighted by molar-refractivity contribution is 0.294. The third-order valence-electron chi connectivity index (χ3n) is 4.10. The number of furan rings is 1. The SMILES string of the molecule is O=S1(=O)CC[C@@H](N(Cc2ccco2)C(=S)NCc2ccccc2)C1. The number of sulfone groups is 1. The summed E-state index contributed by atoms with van der Waals surface area (Å²) >= 11 is 5.54. The van der Waals surface area contributed by atoms with Crippen LogP contribution in [0, 0.1) is 0 Å². The number of benzene rings is 1. The first-order chi connectivity index (χ1) is 11.5. The van der Waals surface area contributed by atoms with E-state index in [2.05, 4.69) is 5.32 Å². The molecule has 7 heteroatoms. The highest BCUT2D eigenvalue weighted by Gasteiger charge is 2.33. The van der Waals surface area contributed by atoms with Gasteiger partial charge in [0.05, 0.1) is 24.3 Å². The van der Waals surface area contributed by atoms with E-state index in [1.807, 2.05) is 47.4 Å². The lowest BCUT2D eigenvalue weighted by Gasteiger charge is -2.30. The van der Waals surface area contributed by atoms with Gasteiger partial charge < -0.3 is 14.6 Å². The lowest BCUT2D eigenvalue weighted by atomic mass is 10.2. The monoisotopic (exact) mass is 364 g/mol. The second-order valence-electron chi connectivity index (χ2n) is 5.91. The molecule has 1 aromatic heterocycles. The summed E-state index contributed by atoms with van der Waals surface area (Å²) in [5.74, 6) is 1.12. The number of nitrogens with one attached hydrogen (secondary N) is 1. The van der Waals surface area contributed by atoms with Gasteiger partial charge in [-0.15, -0.1) is 0 Å². The van der Waals surface area contributed by atoms with Crippen molar-refractivity contribution in [2.24, 2.45) is 0 Å². The van der Waals surface area contributed by atoms with E-state index in [0.717, 1.165) is 11.3 Å². The minimum Gasteiger partial charge on any atom is -0.467 e. The van der Waals surface area contributed by atoms with Crippen LogP contribution in [0.5, 0.6) is 0 Å². The Bertz CT molecular complexity index is 773. The maximum absolute atomic E-state index is 11.8. The van der Waals surface area contributed by atoms with Crippen LogP contribution in [0.3, 0.4) is 0 Å². The number of rotatable bonds is 5. The Kier molecular flexibility index (Phi) is 5.20. The molecule has 1 atom stereocenters. The zero-order valence-corrected chi connectivity index (χ0v) is 14.9. The van der Waals surface area contributed by atoms with Crippen molar-refractivity contribution in [3.05, 3.63) is 60.1 Å². The van der Waals surface area contributed by atoms with Crippen LogP contribution in [0.25, 0.3) is 0 Å². The van der Waals surface area contributed by atoms with E-state index in [1.54, 1.807) is 6.26 Å². The number of thiocarbonyl (C=S) groups is 1. The average Bonchev–Trinajstić information content (AvgIpc) is 3.20. The molecule has 2 heterocycles. The van der Waals surface area contributed by atoms with Gasteiger partial charge in [0.25, 0.3) is 0 Å². The van der Waals surface area contributed by atoms with Crippen molar-refractivity contribution in [3.63, 3.8) is 0 Å². The molecule has 1 N–H and O–H groups in total. The molecule has 1 aliphatic rings. The number of nitrogens with zero attached hydrogens (tertiary/aromatic N) is 1. The predicted molar refractivity (Wildman–Crippen MR) is 97.2 cm³/mol. The molecule has 0 saturated carbocycles. The van der Waals surface area contributed by atoms with Crippen molar-refractivity contribution in [1.82, 2.24) is 10.2 Å². The largest absolute Gasteiger partial charge is 0.467 e. The van der Waals surface area contributed by atoms with Crippen molar-refractivity contribution < 1.29 is 12.8 Å². The Labute approximate surface area is 147 Å². The third kappa shape index (κ3) is 4.36. The molecule has 0 bridgehead atoms. The van der Waals surface area contributed by atoms with E-state index >= 15 is 0 Å². The fourth-order valence-electron chi connectivity index (χ4n) is 2.83. The minimum atomic E-state index is -2.98. The smallest absolute Gasteiger partial charge is 0.169 e. The van der Waals surface area contributed by atoms with Gasteiger partial charge in [0.15, 0.2) is 14.9 Å². The standard InChI is InChI=1S/C17H20N2O3S2/c20-24(21)10-8-15(13-24)19(12-16-7-4-9-22-16)17(23)18-11-14-5-2-1-3-6-14/h1-7,9,15H,8,10-13H2,(H,18,23)/t15-/m1/s1. The van der Waals surface area contributed by atoms with Gasteiger partial charge in [0.2, 0.25) is 0 Å². The molecule has 0 radical (unpaired) electrons. The zero-order chi connectivity index (χ0) is 17.0. The molecule has 1 aromatic carbocycles. The van der Waals surface area contributed by atoms with Crippen molar-refractivity contribution in [3.8, 4) is 0 Å². The lowest BCUT2D eigenvalue weighted by Crippen LogP contribution is -2.45. The van der Waals surface area contributed by atoms with Crippen LogP contribution in [0.15, 0.2) is 53.1 Å². The molecule has 0 spiro atoms. The second kappa shape index (κ2) is 7.36. The number of hydrogen-bond donors (Lipinski definition) is 1. The first kappa shape index (κ1) is 17.0. The van der Waals surface area contributed by atoms with Gasteiger partial charge >= 0.3 is 0 Å². The molecular weight excluding hydrogens is 344 g/mol. The first-order valence-electron chi connectivity index (χ1n) is 7.85. The van der Waals surface area contributed by atoms with Crippen LogP contribution in [0.4, 0.5) is 0 Å². The Balaban J connectivity index is 1.70. The molecule has 1 fully saturated rings. The van der Waals surface area contributed by atoms with Crippen LogP contribution >= 0.6 is 12.2 Å². The molecule has 128 valence electrons. The summed E-state index contributed by atoms with van der Waals surface area (Å²) in [6, 6.07) is 13.5. The summed E-state index contributed by atoms with van der Waals surface area (Å²) in [5, 5.41) is 3.79. The fraction of sp³-hybridized carbons (Fsp3) is 0.353. The molecule has 0 aliphatic carbocycles. The van der Waals surface area contributed by atoms with Gasteiger partial charge in [-0.05, 0) is 36.3 Å². The van der Waals surface area contributed by atoms with Gasteiger partial charge in [0, 0.05) is 12.6 Å². The van der Waals surface area contributed by atoms with E-state index in [0.29, 0.717) is 24.6 Å². The van der Waals surface area contributed by atoms with E-state index in [-0.39, 0.29) is 17.5 Å². The molecule has 1 saturated heterocycles. The molecule has 2 aromatic rings. The van der Waals surface area contributed by atoms with Gasteiger partial charge in [-0.3, -0.25) is 0 Å². The van der Waals surface area contributed by atoms with Crippen molar-refractivity contribution in [2.75, 3.05) is 11.5 Å². The second-order valence-corrected chi connectivity index (χ2v) is 8.52. The Morgan fingerprint density at radius 1 is 1.25 bits per heavy atom. The Morgan fingerprint density at radius 2 is 2.04 bits per heavy atom. The summed E-state index contributed by atoms with van der Waals surface area (Å²) in [4.78, 5) is 1.93. The van der Waals surface area contributed by atoms with Gasteiger partial charge in [-0.1, -0.05) is 30.3 Å². The molecule has 3 rings (SSSR count). The van der Waals surface area contributed by atoms with Gasteiger partial charge in [-0.2, -0.15) is 0 Å². The Hall–Kier alpha value is -1.86. The molecular formula is C17H20N2O3S2. The highest BCUT2D eigenvalue weighted by molar-refractivity contribution is 7.91. The summed E-state index contributed by atoms with van der Waals surface area (Å²) < 4.78 is 29.1. The fourth-order valence-corrected chi connectivity index (χ4v) is 4.85. The summed E-state index contributed by atoms with van der Waals surface area (Å²) in [7, 11) is -2.98. The van der Waals surface area contributed by atoms with Gasteiger partial charge in [-0.25, -0.2) is 8.42 Å². The maximum atomic E-state index is 11.8. The van der Waals surface area contributed by atoms with Crippen molar-refractivity contribution >= 4 is 27.2 Å². The summed E-state index contributed by atoms with van der Waals surface area (Å²) in [5.41, 5.74) is 1.12. The summed E-state index contributed by atoms with van der Waals surface area (Å²) in [6.45, 7) is 1.07. The zero-order valence-electron chi connectivity index (χ0n) is 13.2. The first-order valence-corrected chi connectivity index (χ1v) is 10.1. The van der Waals surface area contributed by atoms with E-state index < -0.39 is 9.84 Å². The number of hydrogen-bond acceptors (Lipinski definition) is 4. The topological polar surface area (TPSA) is 62.6 Å². The third-order valence-corrected chi connectivity index (χ3v) is 6.23. The normalized spacial score (nSPS) is 19.1. The Morgan fingerprint density at radius 3 is 2.67 bits per heavy atom. The molecule has 0 unspecified atom stereocenters. The van der Waals surface area contributed by atoms with Crippen LogP contribution < -0.4 is 5.32 Å². The van der Waals surface area contributed by atoms with E-state index in [4.69, 9.17) is 16.6 Å². The quantitative estimate of drug-likeness (QED) is 0.822. The van der Waals surface area contributed by atoms with Crippen molar-refractivity contribution in [2.45, 2.75) is 25.6 Å². The molecule has 1 aliphatic heterocycles. The molecule has 5 nitrogen and oxygen atoms in total. The highest BCUT2D eigenvalue weighted by Crippen LogP contribution is 2.20. The minimum absolute atomic E-state index is 0.115. The van der Waals surface area contributed by atoms with Crippen molar-refractivity contribution in [1.29, 1.82) is 0 Å². The predicted octanol–water partition coefficient (Wildman–Crippen LogP) is 2.34. The van der Waals surface area contributed by atoms with Gasteiger partial charge in [0.1, 0.15) is 5.76 Å².